The number of pyridine rings is 1. The zero-order valence-electron chi connectivity index (χ0n) is 23.1. The molecule has 4 aromatic rings. The number of hydrogen-bond donors (Lipinski definition) is 1. The Labute approximate surface area is 233 Å². The molecule has 11 nitrogen and oxygen atoms in total. The Morgan fingerprint density at radius 1 is 1.22 bits per heavy atom. The Bertz CT molecular complexity index is 1870. The van der Waals surface area contributed by atoms with E-state index >= 15 is 4.39 Å². The SMILES string of the molecule is Cn1ncc(-c2cc3cnn(C(=O)OC(C)(C)C)c(=O)c3cn2)c1-c1c(F)cc2c(c1C#N)OC1(CC1)CC2(C)O. The molecule has 2 aliphatic rings. The minimum atomic E-state index is -1.36. The molecule has 0 bridgehead atoms. The average Bonchev–Trinajstić information content (AvgIpc) is 3.51. The van der Waals surface area contributed by atoms with Crippen LogP contribution in [0.3, 0.4) is 0 Å². The summed E-state index contributed by atoms with van der Waals surface area (Å²) in [5.41, 5.74) is -2.29. The van der Waals surface area contributed by atoms with Crippen LogP contribution in [0, 0.1) is 17.1 Å². The fourth-order valence-corrected chi connectivity index (χ4v) is 5.42. The first-order valence-electron chi connectivity index (χ1n) is 13.1. The van der Waals surface area contributed by atoms with Gasteiger partial charge < -0.3 is 14.6 Å². The van der Waals surface area contributed by atoms with Crippen molar-refractivity contribution < 1.29 is 23.8 Å². The van der Waals surface area contributed by atoms with Gasteiger partial charge in [-0.15, -0.1) is 4.68 Å². The molecule has 3 aromatic heterocycles. The van der Waals surface area contributed by atoms with Crippen molar-refractivity contribution in [2.24, 2.45) is 7.05 Å². The van der Waals surface area contributed by atoms with Crippen LogP contribution < -0.4 is 10.3 Å². The van der Waals surface area contributed by atoms with Crippen molar-refractivity contribution in [2.75, 3.05) is 0 Å². The van der Waals surface area contributed by atoms with Gasteiger partial charge in [-0.2, -0.15) is 15.5 Å². The number of aryl methyl sites for hydroxylation is 1. The van der Waals surface area contributed by atoms with Gasteiger partial charge in [-0.1, -0.05) is 0 Å². The molecule has 1 spiro atoms. The van der Waals surface area contributed by atoms with E-state index in [0.717, 1.165) is 12.8 Å². The lowest BCUT2D eigenvalue weighted by molar-refractivity contribution is -0.0260. The molecule has 1 N–H and O–H groups in total. The van der Waals surface area contributed by atoms with E-state index in [0.29, 0.717) is 27.7 Å². The lowest BCUT2D eigenvalue weighted by Crippen LogP contribution is -2.38. The number of aliphatic hydroxyl groups is 1. The van der Waals surface area contributed by atoms with Gasteiger partial charge in [0, 0.05) is 36.2 Å². The molecule has 12 heteroatoms. The summed E-state index contributed by atoms with van der Waals surface area (Å²) in [6.45, 7) is 6.64. The van der Waals surface area contributed by atoms with Gasteiger partial charge in [0.15, 0.2) is 0 Å². The summed E-state index contributed by atoms with van der Waals surface area (Å²) in [6.07, 6.45) is 5.01. The van der Waals surface area contributed by atoms with Crippen molar-refractivity contribution in [1.82, 2.24) is 24.5 Å². The number of halogens is 1. The first-order valence-corrected chi connectivity index (χ1v) is 13.1. The Morgan fingerprint density at radius 3 is 2.61 bits per heavy atom. The number of nitrogens with zero attached hydrogens (tertiary/aromatic N) is 6. The first-order chi connectivity index (χ1) is 19.2. The maximum Gasteiger partial charge on any atom is 0.438 e. The third-order valence-corrected chi connectivity index (χ3v) is 7.41. The Kier molecular flexibility index (Phi) is 5.63. The number of carbonyl (C=O) groups excluding carboxylic acids is 1. The molecule has 210 valence electrons. The van der Waals surface area contributed by atoms with E-state index in [9.17, 15) is 20.0 Å². The molecule has 4 heterocycles. The van der Waals surface area contributed by atoms with Crippen LogP contribution in [0.2, 0.25) is 0 Å². The van der Waals surface area contributed by atoms with Crippen molar-refractivity contribution in [3.8, 4) is 34.3 Å². The van der Waals surface area contributed by atoms with Crippen LogP contribution in [0.25, 0.3) is 33.3 Å². The van der Waals surface area contributed by atoms with Crippen LogP contribution >= 0.6 is 0 Å². The quantitative estimate of drug-likeness (QED) is 0.383. The molecule has 1 saturated carbocycles. The molecule has 1 aliphatic heterocycles. The monoisotopic (exact) mass is 558 g/mol. The van der Waals surface area contributed by atoms with E-state index in [2.05, 4.69) is 21.3 Å². The van der Waals surface area contributed by atoms with Crippen LogP contribution in [0.4, 0.5) is 9.18 Å². The minimum Gasteiger partial charge on any atom is -0.485 e. The second-order valence-corrected chi connectivity index (χ2v) is 11.9. The molecule has 6 rings (SSSR count). The van der Waals surface area contributed by atoms with Crippen molar-refractivity contribution in [1.29, 1.82) is 5.26 Å². The largest absolute Gasteiger partial charge is 0.485 e. The summed E-state index contributed by atoms with van der Waals surface area (Å²) in [7, 11) is 1.61. The first kappa shape index (κ1) is 26.6. The van der Waals surface area contributed by atoms with Crippen molar-refractivity contribution >= 4 is 16.9 Å². The molecule has 41 heavy (non-hydrogen) atoms. The molecule has 0 radical (unpaired) electrons. The molecule has 1 aromatic carbocycles. The highest BCUT2D eigenvalue weighted by atomic mass is 19.1. The number of aromatic nitrogens is 5. The standard InChI is InChI=1S/C29H27FN6O5/c1-27(2,3)41-26(38)36-25(37)17-12-32-21(8-15(17)11-34-36)18-13-33-35(5)23(18)22-16(10-31)24-19(9-20(22)30)28(4,39)14-29(40-24)6-7-29/h8-9,11-13,39H,6-7,14H2,1-5H3. The zero-order valence-corrected chi connectivity index (χ0v) is 23.1. The molecule has 0 saturated heterocycles. The van der Waals surface area contributed by atoms with Crippen LogP contribution in [-0.2, 0) is 17.4 Å². The van der Waals surface area contributed by atoms with Gasteiger partial charge >= 0.3 is 6.09 Å². The molecule has 0 amide bonds. The molecule has 1 aliphatic carbocycles. The number of fused-ring (bicyclic) bond motifs is 2. The fraction of sp³-hybridized carbons (Fsp3) is 0.379. The summed E-state index contributed by atoms with van der Waals surface area (Å²) >= 11 is 0. The number of nitriles is 1. The predicted molar refractivity (Wildman–Crippen MR) is 145 cm³/mol. The van der Waals surface area contributed by atoms with Crippen LogP contribution in [-0.4, -0.2) is 46.9 Å². The van der Waals surface area contributed by atoms with E-state index in [-0.39, 0.29) is 33.5 Å². The molecule has 1 unspecified atom stereocenters. The summed E-state index contributed by atoms with van der Waals surface area (Å²) in [6, 6.07) is 4.89. The van der Waals surface area contributed by atoms with Crippen molar-refractivity contribution in [3.63, 3.8) is 0 Å². The average molecular weight is 559 g/mol. The maximum absolute atomic E-state index is 15.9. The highest BCUT2D eigenvalue weighted by Crippen LogP contribution is 2.56. The van der Waals surface area contributed by atoms with Crippen molar-refractivity contribution in [3.05, 3.63) is 58.0 Å². The van der Waals surface area contributed by atoms with E-state index in [1.165, 1.54) is 29.3 Å². The van der Waals surface area contributed by atoms with Gasteiger partial charge in [0.2, 0.25) is 0 Å². The van der Waals surface area contributed by atoms with Gasteiger partial charge in [-0.05, 0) is 52.7 Å². The number of ether oxygens (including phenoxy) is 2. The minimum absolute atomic E-state index is 0.0323. The second kappa shape index (κ2) is 8.68. The third-order valence-electron chi connectivity index (χ3n) is 7.41. The summed E-state index contributed by atoms with van der Waals surface area (Å²) in [5, 5.41) is 30.1. The number of hydrogen-bond acceptors (Lipinski definition) is 9. The fourth-order valence-electron chi connectivity index (χ4n) is 5.42. The van der Waals surface area contributed by atoms with Gasteiger partial charge in [0.05, 0.1) is 40.3 Å². The van der Waals surface area contributed by atoms with Gasteiger partial charge in [-0.25, -0.2) is 9.18 Å². The van der Waals surface area contributed by atoms with Crippen LogP contribution in [0.15, 0.2) is 35.5 Å². The van der Waals surface area contributed by atoms with E-state index in [1.807, 2.05) is 0 Å². The second-order valence-electron chi connectivity index (χ2n) is 11.9. The highest BCUT2D eigenvalue weighted by molar-refractivity contribution is 5.90. The Balaban J connectivity index is 1.49. The zero-order chi connectivity index (χ0) is 29.5. The van der Waals surface area contributed by atoms with Crippen molar-refractivity contribution in [2.45, 2.75) is 63.8 Å². The smallest absolute Gasteiger partial charge is 0.438 e. The van der Waals surface area contributed by atoms with E-state index in [1.54, 1.807) is 40.8 Å². The normalized spacial score (nSPS) is 19.0. The third kappa shape index (κ3) is 4.33. The maximum atomic E-state index is 15.9. The van der Waals surface area contributed by atoms with Gasteiger partial charge in [0.25, 0.3) is 5.56 Å². The van der Waals surface area contributed by atoms with Crippen LogP contribution in [0.1, 0.15) is 58.1 Å². The lowest BCUT2D eigenvalue weighted by Gasteiger charge is -2.37. The molecular formula is C29H27FN6O5. The van der Waals surface area contributed by atoms with E-state index in [4.69, 9.17) is 9.47 Å². The number of carbonyl (C=O) groups is 1. The lowest BCUT2D eigenvalue weighted by atomic mass is 9.82. The highest BCUT2D eigenvalue weighted by Gasteiger charge is 2.55. The predicted octanol–water partition coefficient (Wildman–Crippen LogP) is 4.18. The van der Waals surface area contributed by atoms with Gasteiger partial charge in [-0.3, -0.25) is 14.5 Å². The Hall–Kier alpha value is -4.63. The molecule has 1 fully saturated rings. The number of rotatable bonds is 2. The number of benzene rings is 1. The van der Waals surface area contributed by atoms with E-state index < -0.39 is 34.3 Å². The summed E-state index contributed by atoms with van der Waals surface area (Å²) < 4.78 is 29.4. The molecule has 1 atom stereocenters. The molecular weight excluding hydrogens is 531 g/mol. The summed E-state index contributed by atoms with van der Waals surface area (Å²) in [4.78, 5) is 29.9. The van der Waals surface area contributed by atoms with Gasteiger partial charge in [0.1, 0.15) is 34.4 Å². The summed E-state index contributed by atoms with van der Waals surface area (Å²) in [5.74, 6) is -0.549. The Morgan fingerprint density at radius 2 is 1.95 bits per heavy atom. The van der Waals surface area contributed by atoms with Crippen LogP contribution in [0.5, 0.6) is 5.75 Å². The topological polar surface area (TPSA) is 145 Å².